The Morgan fingerprint density at radius 2 is 1.38 bits per heavy atom. The van der Waals surface area contributed by atoms with Crippen LogP contribution in [0.15, 0.2) is 54.6 Å². The second-order valence-corrected chi connectivity index (χ2v) is 11.4. The minimum absolute atomic E-state index is 0.161. The summed E-state index contributed by atoms with van der Waals surface area (Å²) in [6.45, 7) is 8.04. The minimum Gasteiger partial charge on any atom is -0.487 e. The summed E-state index contributed by atoms with van der Waals surface area (Å²) >= 11 is 0. The van der Waals surface area contributed by atoms with Crippen LogP contribution in [0.5, 0.6) is 5.75 Å². The lowest BCUT2D eigenvalue weighted by molar-refractivity contribution is -0.905. The highest BCUT2D eigenvalue weighted by Crippen LogP contribution is 2.18. The van der Waals surface area contributed by atoms with E-state index in [1.807, 2.05) is 32.0 Å². The zero-order chi connectivity index (χ0) is 26.9. The third-order valence-electron chi connectivity index (χ3n) is 6.91. The molecule has 0 bridgehead atoms. The van der Waals surface area contributed by atoms with E-state index in [0.29, 0.717) is 0 Å². The van der Waals surface area contributed by atoms with Crippen LogP contribution in [0.2, 0.25) is 0 Å². The van der Waals surface area contributed by atoms with Crippen LogP contribution in [-0.4, -0.2) is 43.8 Å². The van der Waals surface area contributed by atoms with E-state index in [0.717, 1.165) is 29.7 Å². The molecule has 0 amide bonds. The summed E-state index contributed by atoms with van der Waals surface area (Å²) in [7, 11) is 4.31. The third kappa shape index (κ3) is 13.7. The van der Waals surface area contributed by atoms with Gasteiger partial charge in [0.2, 0.25) is 0 Å². The molecule has 0 radical (unpaired) electrons. The molecule has 2 rings (SSSR count). The van der Waals surface area contributed by atoms with Crippen LogP contribution in [-0.2, 0) is 22.5 Å². The van der Waals surface area contributed by atoms with E-state index in [1.165, 1.54) is 68.9 Å². The lowest BCUT2D eigenvalue weighted by atomic mass is 10.0. The first-order chi connectivity index (χ1) is 17.8. The summed E-state index contributed by atoms with van der Waals surface area (Å²) in [5.41, 5.74) is 2.63. The molecular weight excluding hydrogens is 458 g/mol. The van der Waals surface area contributed by atoms with Crippen LogP contribution in [0, 0.1) is 5.92 Å². The smallest absolute Gasteiger partial charge is 0.314 e. The lowest BCUT2D eigenvalue weighted by Gasteiger charge is -2.32. The molecule has 4 heteroatoms. The zero-order valence-electron chi connectivity index (χ0n) is 24.2. The van der Waals surface area contributed by atoms with Gasteiger partial charge in [-0.05, 0) is 44.4 Å². The van der Waals surface area contributed by atoms with Crippen molar-refractivity contribution >= 4 is 5.97 Å². The van der Waals surface area contributed by atoms with Gasteiger partial charge in [0.25, 0.3) is 0 Å². The van der Waals surface area contributed by atoms with E-state index in [-0.39, 0.29) is 24.6 Å². The van der Waals surface area contributed by atoms with Gasteiger partial charge in [-0.15, -0.1) is 0 Å². The molecule has 2 aromatic carbocycles. The Balaban J connectivity index is 1.62. The Morgan fingerprint density at radius 3 is 2.00 bits per heavy atom. The van der Waals surface area contributed by atoms with Gasteiger partial charge in [0.15, 0.2) is 0 Å². The number of quaternary nitrogens is 1. The molecule has 0 spiro atoms. The number of hydrogen-bond acceptors (Lipinski definition) is 3. The fourth-order valence-corrected chi connectivity index (χ4v) is 4.94. The Hall–Kier alpha value is -2.33. The number of ether oxygens (including phenoxy) is 2. The van der Waals surface area contributed by atoms with Crippen molar-refractivity contribution in [1.29, 1.82) is 0 Å². The van der Waals surface area contributed by atoms with Gasteiger partial charge < -0.3 is 14.0 Å². The average molecular weight is 511 g/mol. The Labute approximate surface area is 227 Å². The first-order valence-corrected chi connectivity index (χ1v) is 14.6. The molecule has 0 aliphatic heterocycles. The molecule has 2 aromatic rings. The van der Waals surface area contributed by atoms with Crippen molar-refractivity contribution < 1.29 is 18.8 Å². The molecule has 2 atom stereocenters. The second kappa shape index (κ2) is 17.2. The van der Waals surface area contributed by atoms with Crippen LogP contribution in [0.4, 0.5) is 0 Å². The fourth-order valence-electron chi connectivity index (χ4n) is 4.94. The second-order valence-electron chi connectivity index (χ2n) is 11.4. The van der Waals surface area contributed by atoms with Crippen molar-refractivity contribution in [3.05, 3.63) is 65.7 Å². The van der Waals surface area contributed by atoms with Crippen LogP contribution >= 0.6 is 0 Å². The molecule has 2 unspecified atom stereocenters. The summed E-state index contributed by atoms with van der Waals surface area (Å²) < 4.78 is 12.3. The fraction of sp³-hybridized carbons (Fsp3) is 0.606. The van der Waals surface area contributed by atoms with Gasteiger partial charge in [0, 0.05) is 5.56 Å². The van der Waals surface area contributed by atoms with E-state index in [4.69, 9.17) is 9.47 Å². The molecule has 37 heavy (non-hydrogen) atoms. The number of hydrogen-bond donors (Lipinski definition) is 0. The number of carbonyl (C=O) groups is 1. The predicted molar refractivity (Wildman–Crippen MR) is 155 cm³/mol. The molecule has 206 valence electrons. The molecule has 0 N–H and O–H groups in total. The summed E-state index contributed by atoms with van der Waals surface area (Å²) in [6.07, 6.45) is 13.1. The van der Waals surface area contributed by atoms with E-state index >= 15 is 0 Å². The summed E-state index contributed by atoms with van der Waals surface area (Å²) in [6, 6.07) is 18.8. The molecule has 0 aliphatic carbocycles. The van der Waals surface area contributed by atoms with Gasteiger partial charge in [-0.25, -0.2) is 0 Å². The molecule has 0 aliphatic rings. The maximum Gasteiger partial charge on any atom is 0.314 e. The lowest BCUT2D eigenvalue weighted by Crippen LogP contribution is -2.44. The van der Waals surface area contributed by atoms with E-state index in [1.54, 1.807) is 0 Å². The topological polar surface area (TPSA) is 35.5 Å². The monoisotopic (exact) mass is 510 g/mol. The van der Waals surface area contributed by atoms with E-state index in [2.05, 4.69) is 57.4 Å². The number of nitrogens with zero attached hydrogens (tertiary/aromatic N) is 1. The van der Waals surface area contributed by atoms with Gasteiger partial charge in [-0.1, -0.05) is 101 Å². The average Bonchev–Trinajstić information content (AvgIpc) is 2.87. The van der Waals surface area contributed by atoms with Gasteiger partial charge in [-0.3, -0.25) is 4.79 Å². The number of esters is 1. The first kappa shape index (κ1) is 30.9. The number of aryl methyl sites for hydroxylation is 1. The van der Waals surface area contributed by atoms with Crippen LogP contribution in [0.3, 0.4) is 0 Å². The standard InChI is InChI=1S/C33H52NO3/c1-6-7-8-9-10-11-12-13-15-18-30-21-23-32(24-22-30)37-29(3)27-36-33(35)28(2)25-34(4,5)26-31-19-16-14-17-20-31/h14,16-17,19-24,28-29H,6-13,15,18,25-27H2,1-5H3/q+1. The SMILES string of the molecule is CCCCCCCCCCCc1ccc(OC(C)COC(=O)C(C)C[N+](C)(C)Cc2ccccc2)cc1. The maximum atomic E-state index is 12.6. The Morgan fingerprint density at radius 1 is 0.784 bits per heavy atom. The normalized spacial score (nSPS) is 13.2. The molecular formula is C33H52NO3+. The number of benzene rings is 2. The summed E-state index contributed by atoms with van der Waals surface area (Å²) in [5.74, 6) is 0.491. The van der Waals surface area contributed by atoms with Gasteiger partial charge >= 0.3 is 5.97 Å². The quantitative estimate of drug-likeness (QED) is 0.109. The van der Waals surface area contributed by atoms with E-state index in [9.17, 15) is 4.79 Å². The molecule has 0 saturated heterocycles. The molecule has 0 saturated carbocycles. The highest BCUT2D eigenvalue weighted by Gasteiger charge is 2.26. The molecule has 0 fully saturated rings. The maximum absolute atomic E-state index is 12.6. The van der Waals surface area contributed by atoms with Crippen molar-refractivity contribution in [2.75, 3.05) is 27.2 Å². The minimum atomic E-state index is -0.189. The van der Waals surface area contributed by atoms with Crippen molar-refractivity contribution in [2.24, 2.45) is 5.92 Å². The van der Waals surface area contributed by atoms with E-state index < -0.39 is 0 Å². The van der Waals surface area contributed by atoms with Crippen molar-refractivity contribution in [2.45, 2.75) is 97.6 Å². The van der Waals surface area contributed by atoms with Gasteiger partial charge in [0.1, 0.15) is 30.9 Å². The highest BCUT2D eigenvalue weighted by atomic mass is 16.6. The molecule has 4 nitrogen and oxygen atoms in total. The molecule has 0 heterocycles. The van der Waals surface area contributed by atoms with Crippen LogP contribution < -0.4 is 4.74 Å². The van der Waals surface area contributed by atoms with Crippen LogP contribution in [0.1, 0.15) is 89.7 Å². The van der Waals surface area contributed by atoms with Gasteiger partial charge in [0.05, 0.1) is 20.6 Å². The van der Waals surface area contributed by atoms with Crippen molar-refractivity contribution in [1.82, 2.24) is 0 Å². The van der Waals surface area contributed by atoms with Crippen molar-refractivity contribution in [3.8, 4) is 5.75 Å². The zero-order valence-corrected chi connectivity index (χ0v) is 24.2. The predicted octanol–water partition coefficient (Wildman–Crippen LogP) is 7.98. The number of carbonyl (C=O) groups excluding carboxylic acids is 1. The Bertz CT molecular complexity index is 863. The largest absolute Gasteiger partial charge is 0.487 e. The first-order valence-electron chi connectivity index (χ1n) is 14.6. The summed E-state index contributed by atoms with van der Waals surface area (Å²) in [4.78, 5) is 12.6. The summed E-state index contributed by atoms with van der Waals surface area (Å²) in [5, 5.41) is 0. The van der Waals surface area contributed by atoms with Gasteiger partial charge in [-0.2, -0.15) is 0 Å². The van der Waals surface area contributed by atoms with Crippen LogP contribution in [0.25, 0.3) is 0 Å². The third-order valence-corrected chi connectivity index (χ3v) is 6.91. The highest BCUT2D eigenvalue weighted by molar-refractivity contribution is 5.72. The van der Waals surface area contributed by atoms with Crippen molar-refractivity contribution in [3.63, 3.8) is 0 Å². The Kier molecular flexibility index (Phi) is 14.4. The number of rotatable bonds is 19. The molecule has 0 aromatic heterocycles. The number of unbranched alkanes of at least 4 members (excludes halogenated alkanes) is 8.